The van der Waals surface area contributed by atoms with Gasteiger partial charge in [-0.1, -0.05) is 30.3 Å². The minimum Gasteiger partial charge on any atom is -0.296 e. The summed E-state index contributed by atoms with van der Waals surface area (Å²) >= 11 is 0. The van der Waals surface area contributed by atoms with Crippen molar-refractivity contribution in [2.24, 2.45) is 0 Å². The van der Waals surface area contributed by atoms with E-state index in [2.05, 4.69) is 30.8 Å². The molecule has 0 saturated carbocycles. The van der Waals surface area contributed by atoms with E-state index in [4.69, 9.17) is 0 Å². The van der Waals surface area contributed by atoms with Crippen LogP contribution in [0.4, 0.5) is 11.9 Å². The van der Waals surface area contributed by atoms with Gasteiger partial charge in [-0.2, -0.15) is 9.97 Å². The summed E-state index contributed by atoms with van der Waals surface area (Å²) in [6, 6.07) is 9.32. The van der Waals surface area contributed by atoms with E-state index in [-0.39, 0.29) is 29.5 Å². The van der Waals surface area contributed by atoms with Crippen LogP contribution in [0.25, 0.3) is 17.2 Å². The normalized spacial score (nSPS) is 10.5. The van der Waals surface area contributed by atoms with Crippen LogP contribution in [0.2, 0.25) is 0 Å². The summed E-state index contributed by atoms with van der Waals surface area (Å²) in [5.74, 6) is 0.276. The minimum atomic E-state index is -0.328. The summed E-state index contributed by atoms with van der Waals surface area (Å²) in [6.45, 7) is 2.70. The Morgan fingerprint density at radius 2 is 1.65 bits per heavy atom. The second-order valence-corrected chi connectivity index (χ2v) is 4.76. The van der Waals surface area contributed by atoms with Crippen LogP contribution in [0.3, 0.4) is 0 Å². The molecule has 0 fully saturated rings. The Labute approximate surface area is 130 Å². The molecule has 2 aromatic heterocycles. The number of benzene rings is 1. The molecular formula is C14H13N7O2. The molecule has 0 saturated heterocycles. The van der Waals surface area contributed by atoms with Gasteiger partial charge in [0.25, 0.3) is 5.78 Å². The van der Waals surface area contributed by atoms with Gasteiger partial charge in [0.1, 0.15) is 0 Å². The van der Waals surface area contributed by atoms with Gasteiger partial charge >= 0.3 is 0 Å². The van der Waals surface area contributed by atoms with Gasteiger partial charge in [0, 0.05) is 19.4 Å². The van der Waals surface area contributed by atoms with Crippen molar-refractivity contribution < 1.29 is 9.59 Å². The molecule has 0 atom stereocenters. The lowest BCUT2D eigenvalue weighted by atomic mass is 10.2. The van der Waals surface area contributed by atoms with Crippen LogP contribution in [0.5, 0.6) is 0 Å². The van der Waals surface area contributed by atoms with E-state index in [9.17, 15) is 9.59 Å². The number of amides is 2. The first kappa shape index (κ1) is 14.6. The Bertz CT molecular complexity index is 889. The topological polar surface area (TPSA) is 114 Å². The largest absolute Gasteiger partial charge is 0.296 e. The van der Waals surface area contributed by atoms with Crippen LogP contribution >= 0.6 is 0 Å². The third-order valence-electron chi connectivity index (χ3n) is 2.88. The Morgan fingerprint density at radius 3 is 2.30 bits per heavy atom. The molecule has 0 spiro atoms. The molecular weight excluding hydrogens is 298 g/mol. The highest BCUT2D eigenvalue weighted by atomic mass is 16.2. The average molecular weight is 311 g/mol. The zero-order valence-corrected chi connectivity index (χ0v) is 12.4. The van der Waals surface area contributed by atoms with Gasteiger partial charge in [0.2, 0.25) is 23.7 Å². The number of anilines is 2. The Kier molecular flexibility index (Phi) is 3.67. The first-order chi connectivity index (χ1) is 11.0. The monoisotopic (exact) mass is 311 g/mol. The van der Waals surface area contributed by atoms with Crippen LogP contribution in [-0.4, -0.2) is 36.4 Å². The highest BCUT2D eigenvalue weighted by molar-refractivity contribution is 5.89. The molecule has 2 N–H and O–H groups in total. The minimum absolute atomic E-state index is 0.0424. The fraction of sp³-hybridized carbons (Fsp3) is 0.143. The maximum atomic E-state index is 11.4. The lowest BCUT2D eigenvalue weighted by Crippen LogP contribution is -2.16. The van der Waals surface area contributed by atoms with E-state index in [0.717, 1.165) is 5.56 Å². The number of hydrogen-bond acceptors (Lipinski definition) is 6. The standard InChI is InChI=1S/C14H13N7O2/c1-8(22)15-12-17-13(16-9(2)23)21-11(19-20-14(21)18-12)10-6-4-3-5-7-10/h3-7H,1-2H3,(H2,15,16,17,18,20,22,23). The molecule has 2 heterocycles. The van der Waals surface area contributed by atoms with Crippen LogP contribution in [-0.2, 0) is 9.59 Å². The smallest absolute Gasteiger partial charge is 0.261 e. The van der Waals surface area contributed by atoms with E-state index in [1.165, 1.54) is 18.2 Å². The Morgan fingerprint density at radius 1 is 0.957 bits per heavy atom. The molecule has 0 unspecified atom stereocenters. The van der Waals surface area contributed by atoms with E-state index in [1.54, 1.807) is 0 Å². The number of nitrogens with one attached hydrogen (secondary N) is 2. The number of rotatable bonds is 3. The van der Waals surface area contributed by atoms with E-state index >= 15 is 0 Å². The average Bonchev–Trinajstić information content (AvgIpc) is 2.91. The second-order valence-electron chi connectivity index (χ2n) is 4.76. The van der Waals surface area contributed by atoms with Crippen LogP contribution < -0.4 is 10.6 Å². The molecule has 1 aromatic carbocycles. The molecule has 0 bridgehead atoms. The van der Waals surface area contributed by atoms with Crippen molar-refractivity contribution in [3.05, 3.63) is 30.3 Å². The summed E-state index contributed by atoms with van der Waals surface area (Å²) in [6.07, 6.45) is 0. The lowest BCUT2D eigenvalue weighted by Gasteiger charge is -2.08. The van der Waals surface area contributed by atoms with Gasteiger partial charge in [0.15, 0.2) is 5.82 Å². The van der Waals surface area contributed by atoms with Gasteiger partial charge < -0.3 is 0 Å². The molecule has 2 amide bonds. The zero-order chi connectivity index (χ0) is 16.4. The third kappa shape index (κ3) is 2.98. The van der Waals surface area contributed by atoms with E-state index < -0.39 is 0 Å². The number of hydrogen-bond donors (Lipinski definition) is 2. The molecule has 3 rings (SSSR count). The van der Waals surface area contributed by atoms with Crippen molar-refractivity contribution in [2.45, 2.75) is 13.8 Å². The van der Waals surface area contributed by atoms with Crippen molar-refractivity contribution in [3.63, 3.8) is 0 Å². The van der Waals surface area contributed by atoms with E-state index in [1.807, 2.05) is 30.3 Å². The molecule has 0 aliphatic rings. The van der Waals surface area contributed by atoms with Gasteiger partial charge in [-0.3, -0.25) is 20.2 Å². The Balaban J connectivity index is 2.21. The molecule has 0 aliphatic carbocycles. The molecule has 23 heavy (non-hydrogen) atoms. The van der Waals surface area contributed by atoms with Crippen molar-refractivity contribution in [1.29, 1.82) is 0 Å². The van der Waals surface area contributed by atoms with Gasteiger partial charge in [-0.25, -0.2) is 4.40 Å². The lowest BCUT2D eigenvalue weighted by molar-refractivity contribution is -0.115. The Hall–Kier alpha value is -3.36. The van der Waals surface area contributed by atoms with Crippen molar-refractivity contribution >= 4 is 29.5 Å². The van der Waals surface area contributed by atoms with Crippen molar-refractivity contribution in [2.75, 3.05) is 10.6 Å². The third-order valence-corrected chi connectivity index (χ3v) is 2.88. The van der Waals surface area contributed by atoms with Gasteiger partial charge in [-0.15, -0.1) is 10.2 Å². The zero-order valence-electron chi connectivity index (χ0n) is 12.4. The van der Waals surface area contributed by atoms with Crippen molar-refractivity contribution in [3.8, 4) is 11.4 Å². The predicted octanol–water partition coefficient (Wildman–Crippen LogP) is 1.10. The molecule has 9 nitrogen and oxygen atoms in total. The number of fused-ring (bicyclic) bond motifs is 1. The first-order valence-corrected chi connectivity index (χ1v) is 6.78. The van der Waals surface area contributed by atoms with Crippen LogP contribution in [0.15, 0.2) is 30.3 Å². The highest BCUT2D eigenvalue weighted by Gasteiger charge is 2.16. The highest BCUT2D eigenvalue weighted by Crippen LogP contribution is 2.21. The number of nitrogens with zero attached hydrogens (tertiary/aromatic N) is 5. The first-order valence-electron chi connectivity index (χ1n) is 6.78. The van der Waals surface area contributed by atoms with Gasteiger partial charge in [-0.05, 0) is 0 Å². The maximum absolute atomic E-state index is 11.4. The summed E-state index contributed by atoms with van der Waals surface area (Å²) in [5.41, 5.74) is 0.794. The molecule has 0 aliphatic heterocycles. The molecule has 116 valence electrons. The molecule has 3 aromatic rings. The summed E-state index contributed by atoms with van der Waals surface area (Å²) in [7, 11) is 0. The van der Waals surface area contributed by atoms with Crippen LogP contribution in [0, 0.1) is 0 Å². The fourth-order valence-electron chi connectivity index (χ4n) is 2.04. The number of carbonyl (C=O) groups excluding carboxylic acids is 2. The fourth-order valence-corrected chi connectivity index (χ4v) is 2.04. The summed E-state index contributed by atoms with van der Waals surface area (Å²) < 4.78 is 1.52. The molecule has 0 radical (unpaired) electrons. The summed E-state index contributed by atoms with van der Waals surface area (Å²) in [4.78, 5) is 30.9. The quantitative estimate of drug-likeness (QED) is 0.748. The number of aromatic nitrogens is 5. The van der Waals surface area contributed by atoms with Crippen molar-refractivity contribution in [1.82, 2.24) is 24.6 Å². The summed E-state index contributed by atoms with van der Waals surface area (Å²) in [5, 5.41) is 13.2. The van der Waals surface area contributed by atoms with Crippen LogP contribution in [0.1, 0.15) is 13.8 Å². The predicted molar refractivity (Wildman–Crippen MR) is 82.6 cm³/mol. The maximum Gasteiger partial charge on any atom is 0.261 e. The number of carbonyl (C=O) groups is 2. The second kappa shape index (κ2) is 5.79. The van der Waals surface area contributed by atoms with E-state index in [0.29, 0.717) is 5.82 Å². The van der Waals surface area contributed by atoms with Gasteiger partial charge in [0.05, 0.1) is 0 Å². The molecule has 9 heteroatoms. The SMILES string of the molecule is CC(=O)Nc1nc(NC(C)=O)n2c(-c3ccccc3)nnc2n1.